The number of nitrogens with zero attached hydrogens (tertiary/aromatic N) is 1. The van der Waals surface area contributed by atoms with Crippen molar-refractivity contribution in [1.82, 2.24) is 4.90 Å². The summed E-state index contributed by atoms with van der Waals surface area (Å²) in [6.07, 6.45) is 5.22. The third-order valence-electron chi connectivity index (χ3n) is 6.90. The molecule has 1 amide bonds. The van der Waals surface area contributed by atoms with Crippen LogP contribution < -0.4 is 0 Å². The number of likely N-dealkylation sites (tertiary alicyclic amines) is 1. The van der Waals surface area contributed by atoms with Crippen molar-refractivity contribution in [2.75, 3.05) is 0 Å². The summed E-state index contributed by atoms with van der Waals surface area (Å²) < 4.78 is 0. The van der Waals surface area contributed by atoms with Crippen LogP contribution in [0, 0.1) is 5.92 Å². The number of amides is 1. The number of carbonyl (C=O) groups excluding carboxylic acids is 1. The molecule has 0 bridgehead atoms. The van der Waals surface area contributed by atoms with Crippen LogP contribution in [0.15, 0.2) is 91.0 Å². The molecule has 1 saturated heterocycles. The van der Waals surface area contributed by atoms with Gasteiger partial charge in [0.2, 0.25) is 5.91 Å². The van der Waals surface area contributed by atoms with Crippen molar-refractivity contribution in [2.45, 2.75) is 44.2 Å². The molecule has 0 radical (unpaired) electrons. The quantitative estimate of drug-likeness (QED) is 0.507. The van der Waals surface area contributed by atoms with Crippen LogP contribution in [0.5, 0.6) is 0 Å². The van der Waals surface area contributed by atoms with Gasteiger partial charge in [-0.2, -0.15) is 0 Å². The van der Waals surface area contributed by atoms with E-state index < -0.39 is 5.41 Å². The molecule has 2 aliphatic rings. The van der Waals surface area contributed by atoms with Crippen molar-refractivity contribution in [1.29, 1.82) is 0 Å². The normalized spacial score (nSPS) is 24.7. The fraction of sp³-hybridized carbons (Fsp3) is 0.276. The van der Waals surface area contributed by atoms with Gasteiger partial charge in [-0.15, -0.1) is 0 Å². The average molecular weight is 408 g/mol. The molecule has 1 heterocycles. The maximum absolute atomic E-state index is 14.6. The molecule has 2 nitrogen and oxygen atoms in total. The summed E-state index contributed by atoms with van der Waals surface area (Å²) in [7, 11) is 0. The number of benzene rings is 3. The lowest BCUT2D eigenvalue weighted by Gasteiger charge is -2.38. The Morgan fingerprint density at radius 1 is 0.839 bits per heavy atom. The van der Waals surface area contributed by atoms with Gasteiger partial charge in [0, 0.05) is 11.5 Å². The molecule has 0 N–H and O–H groups in total. The van der Waals surface area contributed by atoms with Crippen LogP contribution in [-0.4, -0.2) is 16.3 Å². The van der Waals surface area contributed by atoms with E-state index >= 15 is 0 Å². The minimum atomic E-state index is -0.611. The van der Waals surface area contributed by atoms with E-state index in [4.69, 9.17) is 0 Å². The highest BCUT2D eigenvalue weighted by atomic mass is 16.2. The Morgan fingerprint density at radius 3 is 2.13 bits per heavy atom. The first-order chi connectivity index (χ1) is 14.9. The minimum Gasteiger partial charge on any atom is -0.329 e. The van der Waals surface area contributed by atoms with Crippen LogP contribution in [0.1, 0.15) is 49.1 Å². The summed E-state index contributed by atoms with van der Waals surface area (Å²) in [5, 5.41) is 0. The molecule has 31 heavy (non-hydrogen) atoms. The predicted octanol–water partition coefficient (Wildman–Crippen LogP) is 6.19. The van der Waals surface area contributed by atoms with Gasteiger partial charge in [0.15, 0.2) is 0 Å². The Morgan fingerprint density at radius 2 is 1.45 bits per heavy atom. The summed E-state index contributed by atoms with van der Waals surface area (Å²) in [4.78, 5) is 16.7. The SMILES string of the molecule is CC(C)(C)N1C(=O)[C@]2(Cc3ccccc3)c3ccccc3C=C[C@H]2[C@@H]1c1ccccc1. The standard InChI is InChI=1S/C29H29NO/c1-28(2,3)30-26(23-15-8-5-9-16-23)25-19-18-22-14-10-11-17-24(22)29(25,27(30)31)20-21-12-6-4-7-13-21/h4-19,25-26H,20H2,1-3H3/t25-,26-,29+/m0/s1. The van der Waals surface area contributed by atoms with Gasteiger partial charge in [-0.3, -0.25) is 4.79 Å². The van der Waals surface area contributed by atoms with Gasteiger partial charge in [-0.1, -0.05) is 97.1 Å². The van der Waals surface area contributed by atoms with Gasteiger partial charge in [0.1, 0.15) is 0 Å². The zero-order valence-corrected chi connectivity index (χ0v) is 18.5. The monoisotopic (exact) mass is 407 g/mol. The van der Waals surface area contributed by atoms with E-state index in [1.165, 1.54) is 11.1 Å². The van der Waals surface area contributed by atoms with Crippen LogP contribution in [-0.2, 0) is 16.6 Å². The van der Waals surface area contributed by atoms with E-state index in [1.54, 1.807) is 0 Å². The first kappa shape index (κ1) is 19.8. The summed E-state index contributed by atoms with van der Waals surface area (Å²) in [5.41, 5.74) is 3.82. The molecule has 3 aromatic carbocycles. The number of hydrogen-bond donors (Lipinski definition) is 0. The lowest BCUT2D eigenvalue weighted by Crippen LogP contribution is -2.49. The van der Waals surface area contributed by atoms with Crippen LogP contribution in [0.3, 0.4) is 0 Å². The molecular formula is C29H29NO. The fourth-order valence-corrected chi connectivity index (χ4v) is 5.67. The third-order valence-corrected chi connectivity index (χ3v) is 6.90. The number of rotatable bonds is 3. The molecular weight excluding hydrogens is 378 g/mol. The van der Waals surface area contributed by atoms with E-state index in [0.717, 1.165) is 11.1 Å². The Kier molecular flexibility index (Phi) is 4.62. The van der Waals surface area contributed by atoms with Crippen molar-refractivity contribution in [3.05, 3.63) is 113 Å². The molecule has 3 aromatic rings. The molecule has 156 valence electrons. The Hall–Kier alpha value is -3.13. The van der Waals surface area contributed by atoms with Gasteiger partial charge >= 0.3 is 0 Å². The van der Waals surface area contributed by atoms with Gasteiger partial charge in [-0.25, -0.2) is 0 Å². The maximum Gasteiger partial charge on any atom is 0.235 e. The molecule has 2 heteroatoms. The molecule has 3 atom stereocenters. The van der Waals surface area contributed by atoms with Crippen LogP contribution in [0.25, 0.3) is 6.08 Å². The zero-order chi connectivity index (χ0) is 21.6. The highest BCUT2D eigenvalue weighted by Gasteiger charge is 2.62. The molecule has 0 unspecified atom stereocenters. The van der Waals surface area contributed by atoms with Gasteiger partial charge in [0.05, 0.1) is 11.5 Å². The maximum atomic E-state index is 14.6. The highest BCUT2D eigenvalue weighted by molar-refractivity contribution is 5.95. The first-order valence-electron chi connectivity index (χ1n) is 11.1. The largest absolute Gasteiger partial charge is 0.329 e. The van der Waals surface area contributed by atoms with Crippen molar-refractivity contribution < 1.29 is 4.79 Å². The number of hydrogen-bond acceptors (Lipinski definition) is 1. The summed E-state index contributed by atoms with van der Waals surface area (Å²) in [6.45, 7) is 6.47. The molecule has 5 rings (SSSR count). The van der Waals surface area contributed by atoms with E-state index in [2.05, 4.69) is 111 Å². The van der Waals surface area contributed by atoms with Gasteiger partial charge in [0.25, 0.3) is 0 Å². The fourth-order valence-electron chi connectivity index (χ4n) is 5.67. The summed E-state index contributed by atoms with van der Waals surface area (Å²) in [6, 6.07) is 29.5. The smallest absolute Gasteiger partial charge is 0.235 e. The third kappa shape index (κ3) is 3.05. The zero-order valence-electron chi connectivity index (χ0n) is 18.5. The number of fused-ring (bicyclic) bond motifs is 3. The topological polar surface area (TPSA) is 20.3 Å². The Bertz CT molecular complexity index is 1130. The predicted molar refractivity (Wildman–Crippen MR) is 127 cm³/mol. The molecule has 0 saturated carbocycles. The Balaban J connectivity index is 1.78. The second-order valence-corrected chi connectivity index (χ2v) is 9.81. The highest BCUT2D eigenvalue weighted by Crippen LogP contribution is 2.57. The van der Waals surface area contributed by atoms with E-state index in [0.29, 0.717) is 6.42 Å². The lowest BCUT2D eigenvalue weighted by atomic mass is 9.62. The van der Waals surface area contributed by atoms with E-state index in [1.807, 2.05) is 12.1 Å². The van der Waals surface area contributed by atoms with E-state index in [9.17, 15) is 4.79 Å². The molecule has 1 aliphatic heterocycles. The van der Waals surface area contributed by atoms with Crippen LogP contribution in [0.2, 0.25) is 0 Å². The van der Waals surface area contributed by atoms with Crippen molar-refractivity contribution in [3.63, 3.8) is 0 Å². The van der Waals surface area contributed by atoms with Crippen molar-refractivity contribution in [2.24, 2.45) is 5.92 Å². The summed E-state index contributed by atoms with van der Waals surface area (Å²) in [5.74, 6) is 0.302. The van der Waals surface area contributed by atoms with Crippen molar-refractivity contribution in [3.8, 4) is 0 Å². The molecule has 0 aromatic heterocycles. The molecule has 1 aliphatic carbocycles. The van der Waals surface area contributed by atoms with Gasteiger partial charge in [-0.05, 0) is 49.4 Å². The Labute approximate surface area is 185 Å². The van der Waals surface area contributed by atoms with E-state index in [-0.39, 0.29) is 23.4 Å². The average Bonchev–Trinajstić information content (AvgIpc) is 3.04. The van der Waals surface area contributed by atoms with Crippen LogP contribution in [0.4, 0.5) is 0 Å². The van der Waals surface area contributed by atoms with Crippen molar-refractivity contribution >= 4 is 12.0 Å². The molecule has 1 fully saturated rings. The van der Waals surface area contributed by atoms with Crippen LogP contribution >= 0.6 is 0 Å². The lowest BCUT2D eigenvalue weighted by molar-refractivity contribution is -0.138. The second kappa shape index (κ2) is 7.23. The number of carbonyl (C=O) groups is 1. The van der Waals surface area contributed by atoms with Gasteiger partial charge < -0.3 is 4.90 Å². The minimum absolute atomic E-state index is 0.00187. The molecule has 0 spiro atoms. The second-order valence-electron chi connectivity index (χ2n) is 9.81. The summed E-state index contributed by atoms with van der Waals surface area (Å²) >= 11 is 0. The first-order valence-corrected chi connectivity index (χ1v) is 11.1.